The largest absolute Gasteiger partial charge is 0.333 e. The lowest BCUT2D eigenvalue weighted by atomic mass is 10.1. The lowest BCUT2D eigenvalue weighted by Gasteiger charge is -2.25. The standard InChI is InChI=1S/C14H17FN6O/c1-14(15)8-16-4-6-20(9-14)13(22)11-2-3-12(19-18-11)21-7-5-17-10-21/h2-3,5,7,10,16H,4,6,8-9H2,1H3. The van der Waals surface area contributed by atoms with E-state index in [1.165, 1.54) is 11.8 Å². The molecule has 0 spiro atoms. The molecule has 1 fully saturated rings. The van der Waals surface area contributed by atoms with E-state index in [0.717, 1.165) is 0 Å². The quantitative estimate of drug-likeness (QED) is 0.871. The first-order valence-electron chi connectivity index (χ1n) is 7.06. The zero-order valence-corrected chi connectivity index (χ0v) is 12.2. The van der Waals surface area contributed by atoms with Crippen LogP contribution in [0.25, 0.3) is 5.82 Å². The summed E-state index contributed by atoms with van der Waals surface area (Å²) in [5, 5.41) is 11.0. The van der Waals surface area contributed by atoms with Crippen LogP contribution in [0.5, 0.6) is 0 Å². The number of hydrogen-bond acceptors (Lipinski definition) is 5. The van der Waals surface area contributed by atoms with Crippen molar-refractivity contribution in [2.75, 3.05) is 26.2 Å². The van der Waals surface area contributed by atoms with Gasteiger partial charge in [-0.25, -0.2) is 9.37 Å². The minimum Gasteiger partial charge on any atom is -0.333 e. The Kier molecular flexibility index (Phi) is 3.84. The summed E-state index contributed by atoms with van der Waals surface area (Å²) in [7, 11) is 0. The number of nitrogens with zero attached hydrogens (tertiary/aromatic N) is 5. The summed E-state index contributed by atoms with van der Waals surface area (Å²) in [5.41, 5.74) is -1.24. The van der Waals surface area contributed by atoms with Gasteiger partial charge in [-0.3, -0.25) is 9.36 Å². The van der Waals surface area contributed by atoms with Gasteiger partial charge in [0.15, 0.2) is 11.5 Å². The molecule has 0 aliphatic carbocycles. The monoisotopic (exact) mass is 304 g/mol. The van der Waals surface area contributed by atoms with Gasteiger partial charge >= 0.3 is 0 Å². The molecular formula is C14H17FN6O. The van der Waals surface area contributed by atoms with Gasteiger partial charge in [0, 0.05) is 32.0 Å². The number of carbonyl (C=O) groups is 1. The molecule has 2 aromatic rings. The molecule has 0 saturated carbocycles. The van der Waals surface area contributed by atoms with Crippen LogP contribution in [-0.2, 0) is 0 Å². The molecule has 116 valence electrons. The molecule has 1 unspecified atom stereocenters. The van der Waals surface area contributed by atoms with Crippen molar-refractivity contribution < 1.29 is 9.18 Å². The van der Waals surface area contributed by atoms with E-state index in [0.29, 0.717) is 18.9 Å². The molecule has 1 amide bonds. The summed E-state index contributed by atoms with van der Waals surface area (Å²) in [6.07, 6.45) is 4.97. The van der Waals surface area contributed by atoms with E-state index in [2.05, 4.69) is 20.5 Å². The highest BCUT2D eigenvalue weighted by Crippen LogP contribution is 2.15. The Morgan fingerprint density at radius 1 is 1.41 bits per heavy atom. The molecule has 0 radical (unpaired) electrons. The van der Waals surface area contributed by atoms with Crippen molar-refractivity contribution in [1.29, 1.82) is 0 Å². The van der Waals surface area contributed by atoms with Gasteiger partial charge in [-0.1, -0.05) is 0 Å². The number of imidazole rings is 1. The Labute approximate surface area is 127 Å². The lowest BCUT2D eigenvalue weighted by molar-refractivity contribution is 0.0649. The van der Waals surface area contributed by atoms with Crippen molar-refractivity contribution in [1.82, 2.24) is 30.0 Å². The lowest BCUT2D eigenvalue weighted by Crippen LogP contribution is -2.42. The van der Waals surface area contributed by atoms with Crippen LogP contribution in [0.4, 0.5) is 4.39 Å². The van der Waals surface area contributed by atoms with Crippen LogP contribution in [0.2, 0.25) is 0 Å². The number of amides is 1. The van der Waals surface area contributed by atoms with Crippen LogP contribution in [0, 0.1) is 0 Å². The van der Waals surface area contributed by atoms with E-state index in [1.54, 1.807) is 35.4 Å². The summed E-state index contributed by atoms with van der Waals surface area (Å²) in [6.45, 7) is 2.78. The van der Waals surface area contributed by atoms with Crippen LogP contribution >= 0.6 is 0 Å². The van der Waals surface area contributed by atoms with Crippen molar-refractivity contribution in [3.8, 4) is 5.82 Å². The second-order valence-corrected chi connectivity index (χ2v) is 5.56. The van der Waals surface area contributed by atoms with E-state index in [4.69, 9.17) is 0 Å². The summed E-state index contributed by atoms with van der Waals surface area (Å²) in [4.78, 5) is 17.8. The van der Waals surface area contributed by atoms with Gasteiger partial charge < -0.3 is 10.2 Å². The number of halogens is 1. The molecule has 3 heterocycles. The van der Waals surface area contributed by atoms with Gasteiger partial charge in [0.25, 0.3) is 5.91 Å². The first kappa shape index (κ1) is 14.6. The van der Waals surface area contributed by atoms with Crippen LogP contribution in [-0.4, -0.2) is 62.4 Å². The van der Waals surface area contributed by atoms with E-state index in [-0.39, 0.29) is 24.7 Å². The summed E-state index contributed by atoms with van der Waals surface area (Å²) in [6, 6.07) is 3.28. The van der Waals surface area contributed by atoms with Gasteiger partial charge in [-0.05, 0) is 19.1 Å². The zero-order valence-electron chi connectivity index (χ0n) is 12.2. The fourth-order valence-corrected chi connectivity index (χ4v) is 2.40. The SMILES string of the molecule is CC1(F)CNCCN(C(=O)c2ccc(-n3ccnc3)nn2)C1. The van der Waals surface area contributed by atoms with Crippen molar-refractivity contribution in [3.63, 3.8) is 0 Å². The molecule has 1 N–H and O–H groups in total. The fourth-order valence-electron chi connectivity index (χ4n) is 2.40. The predicted molar refractivity (Wildman–Crippen MR) is 77.4 cm³/mol. The minimum absolute atomic E-state index is 0.0454. The third-order valence-electron chi connectivity index (χ3n) is 3.50. The Morgan fingerprint density at radius 2 is 2.27 bits per heavy atom. The van der Waals surface area contributed by atoms with E-state index in [1.807, 2.05) is 0 Å². The Hall–Kier alpha value is -2.35. The topological polar surface area (TPSA) is 75.9 Å². The zero-order chi connectivity index (χ0) is 15.6. The number of hydrogen-bond donors (Lipinski definition) is 1. The molecule has 3 rings (SSSR count). The fraction of sp³-hybridized carbons (Fsp3) is 0.429. The molecule has 7 nitrogen and oxygen atoms in total. The average Bonchev–Trinajstić information content (AvgIpc) is 2.98. The van der Waals surface area contributed by atoms with Gasteiger partial charge in [0.1, 0.15) is 12.0 Å². The molecule has 0 aromatic carbocycles. The number of rotatable bonds is 2. The molecule has 1 saturated heterocycles. The molecule has 1 aliphatic rings. The number of alkyl halides is 1. The van der Waals surface area contributed by atoms with Gasteiger partial charge in [0.2, 0.25) is 0 Å². The van der Waals surface area contributed by atoms with Crippen LogP contribution in [0.15, 0.2) is 30.9 Å². The van der Waals surface area contributed by atoms with E-state index < -0.39 is 5.67 Å². The van der Waals surface area contributed by atoms with Crippen LogP contribution < -0.4 is 5.32 Å². The second-order valence-electron chi connectivity index (χ2n) is 5.56. The second kappa shape index (κ2) is 5.80. The third kappa shape index (κ3) is 3.11. The van der Waals surface area contributed by atoms with Crippen molar-refractivity contribution in [3.05, 3.63) is 36.5 Å². The van der Waals surface area contributed by atoms with Crippen LogP contribution in [0.3, 0.4) is 0 Å². The van der Waals surface area contributed by atoms with Gasteiger partial charge in [0.05, 0.1) is 6.54 Å². The molecular weight excluding hydrogens is 287 g/mol. The summed E-state index contributed by atoms with van der Waals surface area (Å²) >= 11 is 0. The van der Waals surface area contributed by atoms with Crippen molar-refractivity contribution >= 4 is 5.91 Å². The maximum atomic E-state index is 14.2. The Morgan fingerprint density at radius 3 is 2.95 bits per heavy atom. The molecule has 0 bridgehead atoms. The highest BCUT2D eigenvalue weighted by atomic mass is 19.1. The maximum absolute atomic E-state index is 14.2. The highest BCUT2D eigenvalue weighted by molar-refractivity contribution is 5.92. The predicted octanol–water partition coefficient (Wildman–Crippen LogP) is 0.436. The van der Waals surface area contributed by atoms with E-state index >= 15 is 0 Å². The molecule has 8 heteroatoms. The normalized spacial score (nSPS) is 22.4. The number of aromatic nitrogens is 4. The minimum atomic E-state index is -1.45. The highest BCUT2D eigenvalue weighted by Gasteiger charge is 2.31. The van der Waals surface area contributed by atoms with Crippen LogP contribution in [0.1, 0.15) is 17.4 Å². The number of carbonyl (C=O) groups excluding carboxylic acids is 1. The number of nitrogens with one attached hydrogen (secondary N) is 1. The molecule has 1 atom stereocenters. The smallest absolute Gasteiger partial charge is 0.274 e. The van der Waals surface area contributed by atoms with E-state index in [9.17, 15) is 9.18 Å². The molecule has 22 heavy (non-hydrogen) atoms. The van der Waals surface area contributed by atoms with Gasteiger partial charge in [-0.2, -0.15) is 0 Å². The summed E-state index contributed by atoms with van der Waals surface area (Å²) in [5.74, 6) is 0.263. The molecule has 2 aromatic heterocycles. The summed E-state index contributed by atoms with van der Waals surface area (Å²) < 4.78 is 15.9. The Balaban J connectivity index is 1.77. The first-order chi connectivity index (χ1) is 10.6. The Bertz CT molecular complexity index is 640. The third-order valence-corrected chi connectivity index (χ3v) is 3.50. The maximum Gasteiger partial charge on any atom is 0.274 e. The average molecular weight is 304 g/mol. The first-order valence-corrected chi connectivity index (χ1v) is 7.06. The molecule has 1 aliphatic heterocycles. The van der Waals surface area contributed by atoms with Crippen molar-refractivity contribution in [2.24, 2.45) is 0 Å². The van der Waals surface area contributed by atoms with Crippen molar-refractivity contribution in [2.45, 2.75) is 12.6 Å². The van der Waals surface area contributed by atoms with Gasteiger partial charge in [-0.15, -0.1) is 10.2 Å².